The van der Waals surface area contributed by atoms with Gasteiger partial charge in [0.25, 0.3) is 0 Å². The van der Waals surface area contributed by atoms with Gasteiger partial charge in [0.1, 0.15) is 17.5 Å². The molecule has 0 saturated heterocycles. The number of nitrogens with zero attached hydrogens (tertiary/aromatic N) is 1. The molecular formula is C12H11F2N3S. The van der Waals surface area contributed by atoms with Crippen LogP contribution in [0.1, 0.15) is 5.56 Å². The Morgan fingerprint density at radius 1 is 1.22 bits per heavy atom. The van der Waals surface area contributed by atoms with Gasteiger partial charge in [0.2, 0.25) is 0 Å². The molecule has 1 aromatic heterocycles. The summed E-state index contributed by atoms with van der Waals surface area (Å²) >= 11 is 1.29. The van der Waals surface area contributed by atoms with Crippen LogP contribution in [0, 0.1) is 11.6 Å². The van der Waals surface area contributed by atoms with Crippen LogP contribution in [0.25, 0.3) is 0 Å². The van der Waals surface area contributed by atoms with Crippen molar-refractivity contribution in [2.75, 3.05) is 5.43 Å². The van der Waals surface area contributed by atoms with E-state index in [4.69, 9.17) is 5.84 Å². The molecule has 0 radical (unpaired) electrons. The van der Waals surface area contributed by atoms with E-state index in [0.29, 0.717) is 16.5 Å². The third-order valence-corrected chi connectivity index (χ3v) is 3.38. The van der Waals surface area contributed by atoms with E-state index in [1.54, 1.807) is 12.3 Å². The van der Waals surface area contributed by atoms with Crippen molar-refractivity contribution in [1.82, 2.24) is 4.98 Å². The number of hydrazine groups is 1. The third-order valence-electron chi connectivity index (χ3n) is 2.26. The Hall–Kier alpha value is -1.66. The number of nitrogens with two attached hydrogens (primary N) is 1. The van der Waals surface area contributed by atoms with Crippen molar-refractivity contribution in [2.45, 2.75) is 10.6 Å². The Bertz CT molecular complexity index is 549. The number of halogens is 2. The lowest BCUT2D eigenvalue weighted by molar-refractivity contribution is 0.565. The van der Waals surface area contributed by atoms with E-state index in [-0.39, 0.29) is 0 Å². The predicted octanol–water partition coefficient (Wildman–Crippen LogP) is 2.94. The summed E-state index contributed by atoms with van der Waals surface area (Å²) in [6.45, 7) is 0. The zero-order chi connectivity index (χ0) is 13.0. The Labute approximate surface area is 107 Å². The van der Waals surface area contributed by atoms with Gasteiger partial charge in [0.15, 0.2) is 0 Å². The van der Waals surface area contributed by atoms with Gasteiger partial charge in [0, 0.05) is 22.9 Å². The Kier molecular flexibility index (Phi) is 4.11. The summed E-state index contributed by atoms with van der Waals surface area (Å²) in [4.78, 5) is 4.39. The minimum atomic E-state index is -0.574. The van der Waals surface area contributed by atoms with Crippen molar-refractivity contribution >= 4 is 17.6 Å². The largest absolute Gasteiger partial charge is 0.308 e. The predicted molar refractivity (Wildman–Crippen MR) is 68.0 cm³/mol. The monoisotopic (exact) mass is 267 g/mol. The topological polar surface area (TPSA) is 50.9 Å². The standard InChI is InChI=1S/C12H11F2N3S/c13-9-1-2-11(10(14)6-9)18-7-8-3-4-16-12(5-8)17-15/h1-6H,7,15H2,(H,16,17). The molecule has 2 rings (SSSR count). The second kappa shape index (κ2) is 5.79. The number of hydrogen-bond acceptors (Lipinski definition) is 4. The van der Waals surface area contributed by atoms with Crippen molar-refractivity contribution in [3.05, 3.63) is 53.7 Å². The Balaban J connectivity index is 2.06. The number of hydrogen-bond donors (Lipinski definition) is 2. The van der Waals surface area contributed by atoms with E-state index in [1.807, 2.05) is 6.07 Å². The zero-order valence-corrected chi connectivity index (χ0v) is 10.2. The molecule has 0 amide bonds. The van der Waals surface area contributed by atoms with Crippen LogP contribution < -0.4 is 11.3 Å². The molecule has 0 fully saturated rings. The van der Waals surface area contributed by atoms with Gasteiger partial charge in [-0.2, -0.15) is 0 Å². The molecule has 3 nitrogen and oxygen atoms in total. The van der Waals surface area contributed by atoms with Crippen LogP contribution in [0.5, 0.6) is 0 Å². The SMILES string of the molecule is NNc1cc(CSc2ccc(F)cc2F)ccn1. The van der Waals surface area contributed by atoms with Crippen LogP contribution in [-0.4, -0.2) is 4.98 Å². The molecule has 0 saturated carbocycles. The van der Waals surface area contributed by atoms with Crippen molar-refractivity contribution in [3.8, 4) is 0 Å². The van der Waals surface area contributed by atoms with E-state index in [1.165, 1.54) is 23.9 Å². The van der Waals surface area contributed by atoms with Gasteiger partial charge in [-0.3, -0.25) is 0 Å². The maximum Gasteiger partial charge on any atom is 0.140 e. The van der Waals surface area contributed by atoms with Gasteiger partial charge in [-0.15, -0.1) is 11.8 Å². The van der Waals surface area contributed by atoms with Crippen molar-refractivity contribution in [3.63, 3.8) is 0 Å². The molecule has 1 heterocycles. The normalized spacial score (nSPS) is 10.4. The summed E-state index contributed by atoms with van der Waals surface area (Å²) in [7, 11) is 0. The summed E-state index contributed by atoms with van der Waals surface area (Å²) in [5.74, 6) is 5.23. The van der Waals surface area contributed by atoms with Crippen LogP contribution in [0.2, 0.25) is 0 Å². The maximum absolute atomic E-state index is 13.4. The number of benzene rings is 1. The molecule has 0 aliphatic heterocycles. The van der Waals surface area contributed by atoms with E-state index < -0.39 is 11.6 Å². The fourth-order valence-corrected chi connectivity index (χ4v) is 2.26. The third kappa shape index (κ3) is 3.18. The lowest BCUT2D eigenvalue weighted by atomic mass is 10.3. The molecule has 18 heavy (non-hydrogen) atoms. The molecule has 0 aliphatic carbocycles. The summed E-state index contributed by atoms with van der Waals surface area (Å²) in [5, 5.41) is 0. The minimum absolute atomic E-state index is 0.412. The molecule has 1 aromatic carbocycles. The quantitative estimate of drug-likeness (QED) is 0.508. The van der Waals surface area contributed by atoms with Crippen LogP contribution in [-0.2, 0) is 5.75 Å². The van der Waals surface area contributed by atoms with Crippen molar-refractivity contribution < 1.29 is 8.78 Å². The molecule has 0 aliphatic rings. The molecule has 0 unspecified atom stereocenters. The van der Waals surface area contributed by atoms with Crippen LogP contribution in [0.3, 0.4) is 0 Å². The smallest absolute Gasteiger partial charge is 0.140 e. The van der Waals surface area contributed by atoms with Gasteiger partial charge in [-0.25, -0.2) is 19.6 Å². The molecule has 2 aromatic rings. The van der Waals surface area contributed by atoms with Crippen LogP contribution in [0.4, 0.5) is 14.6 Å². The molecule has 0 atom stereocenters. The average Bonchev–Trinajstić information content (AvgIpc) is 2.38. The summed E-state index contributed by atoms with van der Waals surface area (Å²) in [6.07, 6.45) is 1.62. The number of aromatic nitrogens is 1. The maximum atomic E-state index is 13.4. The number of nitrogen functional groups attached to an aromatic ring is 1. The molecule has 6 heteroatoms. The first kappa shape index (κ1) is 12.8. The average molecular weight is 267 g/mol. The highest BCUT2D eigenvalue weighted by molar-refractivity contribution is 7.98. The Morgan fingerprint density at radius 2 is 2.06 bits per heavy atom. The highest BCUT2D eigenvalue weighted by Gasteiger charge is 2.05. The molecule has 94 valence electrons. The van der Waals surface area contributed by atoms with Crippen LogP contribution >= 0.6 is 11.8 Å². The molecule has 3 N–H and O–H groups in total. The van der Waals surface area contributed by atoms with Gasteiger partial charge in [0.05, 0.1) is 0 Å². The second-order valence-electron chi connectivity index (χ2n) is 3.56. The second-order valence-corrected chi connectivity index (χ2v) is 4.57. The molecule has 0 bridgehead atoms. The summed E-state index contributed by atoms with van der Waals surface area (Å²) < 4.78 is 26.1. The Morgan fingerprint density at radius 3 is 2.78 bits per heavy atom. The fraction of sp³-hybridized carbons (Fsp3) is 0.0833. The van der Waals surface area contributed by atoms with Crippen molar-refractivity contribution in [1.29, 1.82) is 0 Å². The van der Waals surface area contributed by atoms with E-state index in [0.717, 1.165) is 11.6 Å². The van der Waals surface area contributed by atoms with Crippen molar-refractivity contribution in [2.24, 2.45) is 5.84 Å². The fourth-order valence-electron chi connectivity index (χ4n) is 1.40. The van der Waals surface area contributed by atoms with E-state index in [2.05, 4.69) is 10.4 Å². The van der Waals surface area contributed by atoms with Crippen LogP contribution in [0.15, 0.2) is 41.4 Å². The first-order chi connectivity index (χ1) is 8.69. The van der Waals surface area contributed by atoms with Gasteiger partial charge < -0.3 is 5.43 Å². The number of pyridine rings is 1. The molecular weight excluding hydrogens is 256 g/mol. The lowest BCUT2D eigenvalue weighted by Crippen LogP contribution is -2.08. The summed E-state index contributed by atoms with van der Waals surface area (Å²) in [6, 6.07) is 7.13. The number of nitrogens with one attached hydrogen (secondary N) is 1. The highest BCUT2D eigenvalue weighted by atomic mass is 32.2. The van der Waals surface area contributed by atoms with Gasteiger partial charge in [-0.05, 0) is 29.8 Å². The van der Waals surface area contributed by atoms with Gasteiger partial charge in [-0.1, -0.05) is 0 Å². The van der Waals surface area contributed by atoms with E-state index >= 15 is 0 Å². The molecule has 0 spiro atoms. The first-order valence-electron chi connectivity index (χ1n) is 5.18. The number of rotatable bonds is 4. The minimum Gasteiger partial charge on any atom is -0.308 e. The summed E-state index contributed by atoms with van der Waals surface area (Å²) in [5.41, 5.74) is 3.39. The van der Waals surface area contributed by atoms with Gasteiger partial charge >= 0.3 is 0 Å². The lowest BCUT2D eigenvalue weighted by Gasteiger charge is -2.05. The zero-order valence-electron chi connectivity index (χ0n) is 9.36. The highest BCUT2D eigenvalue weighted by Crippen LogP contribution is 2.26. The van der Waals surface area contributed by atoms with E-state index in [9.17, 15) is 8.78 Å². The first-order valence-corrected chi connectivity index (χ1v) is 6.17. The number of anilines is 1. The number of thioether (sulfide) groups is 1.